The Labute approximate surface area is 166 Å². The predicted octanol–water partition coefficient (Wildman–Crippen LogP) is 2.44. The van der Waals surface area contributed by atoms with Crippen LogP contribution in [0, 0.1) is 23.0 Å². The van der Waals surface area contributed by atoms with Crippen molar-refractivity contribution in [2.75, 3.05) is 23.4 Å². The van der Waals surface area contributed by atoms with Crippen molar-refractivity contribution in [3.63, 3.8) is 0 Å². The molecule has 1 saturated heterocycles. The molecule has 2 amide bonds. The summed E-state index contributed by atoms with van der Waals surface area (Å²) in [6.45, 7) is 1.18. The van der Waals surface area contributed by atoms with Crippen LogP contribution in [-0.2, 0) is 19.1 Å². The summed E-state index contributed by atoms with van der Waals surface area (Å²) >= 11 is 0. The number of hydrogen-bond donors (Lipinski definition) is 1. The number of para-hydroxylation sites is 1. The Morgan fingerprint density at radius 1 is 1.24 bits per heavy atom. The van der Waals surface area contributed by atoms with E-state index in [4.69, 9.17) is 4.74 Å². The molecule has 9 nitrogen and oxygen atoms in total. The number of nitro groups is 1. The number of rotatable bonds is 6. The molecule has 1 atom stereocenters. The minimum atomic E-state index is -0.743. The highest BCUT2D eigenvalue weighted by atomic mass is 16.6. The number of nitrogens with one attached hydrogen (secondary N) is 1. The largest absolute Gasteiger partial charge is 0.455 e. The lowest BCUT2D eigenvalue weighted by atomic mass is 10.1. The van der Waals surface area contributed by atoms with Gasteiger partial charge in [0, 0.05) is 30.3 Å². The van der Waals surface area contributed by atoms with Crippen LogP contribution >= 0.6 is 0 Å². The molecule has 1 fully saturated rings. The molecule has 1 aliphatic heterocycles. The molecule has 1 N–H and O–H groups in total. The van der Waals surface area contributed by atoms with Crippen molar-refractivity contribution >= 4 is 34.8 Å². The number of ether oxygens (including phenoxy) is 1. The molecular formula is C20H19N3O6. The van der Waals surface area contributed by atoms with Crippen LogP contribution in [0.15, 0.2) is 48.5 Å². The summed E-state index contributed by atoms with van der Waals surface area (Å²) in [6.07, 6.45) is -0.0825. The van der Waals surface area contributed by atoms with Crippen molar-refractivity contribution in [1.82, 2.24) is 0 Å². The molecule has 2 aromatic carbocycles. The SMILES string of the molecule is Cc1ccc(N2C[C@H](C(=O)OCC(=O)Nc3ccccc3)CC2=O)cc1[N+](=O)[O-]. The third-order valence-corrected chi connectivity index (χ3v) is 4.56. The number of benzene rings is 2. The maximum Gasteiger partial charge on any atom is 0.311 e. The molecule has 1 aliphatic rings. The van der Waals surface area contributed by atoms with Crippen molar-refractivity contribution in [2.24, 2.45) is 5.92 Å². The van der Waals surface area contributed by atoms with Gasteiger partial charge < -0.3 is 15.0 Å². The molecule has 9 heteroatoms. The summed E-state index contributed by atoms with van der Waals surface area (Å²) < 4.78 is 5.04. The average molecular weight is 397 g/mol. The second-order valence-electron chi connectivity index (χ2n) is 6.66. The summed E-state index contributed by atoms with van der Waals surface area (Å²) in [7, 11) is 0. The highest BCUT2D eigenvalue weighted by Gasteiger charge is 2.37. The van der Waals surface area contributed by atoms with E-state index >= 15 is 0 Å². The molecule has 0 aliphatic carbocycles. The van der Waals surface area contributed by atoms with Gasteiger partial charge in [-0.1, -0.05) is 24.3 Å². The number of esters is 1. The quantitative estimate of drug-likeness (QED) is 0.454. The molecule has 2 aromatic rings. The number of nitrogens with zero attached hydrogens (tertiary/aromatic N) is 2. The second-order valence-corrected chi connectivity index (χ2v) is 6.66. The Morgan fingerprint density at radius 2 is 1.97 bits per heavy atom. The fourth-order valence-electron chi connectivity index (χ4n) is 3.05. The highest BCUT2D eigenvalue weighted by Crippen LogP contribution is 2.30. The van der Waals surface area contributed by atoms with Gasteiger partial charge in [0.05, 0.1) is 16.5 Å². The number of nitro benzene ring substituents is 1. The van der Waals surface area contributed by atoms with E-state index in [0.717, 1.165) is 0 Å². The van der Waals surface area contributed by atoms with Crippen molar-refractivity contribution in [2.45, 2.75) is 13.3 Å². The van der Waals surface area contributed by atoms with Gasteiger partial charge in [-0.05, 0) is 25.1 Å². The molecule has 29 heavy (non-hydrogen) atoms. The molecule has 3 rings (SSSR count). The number of anilines is 2. The molecule has 0 unspecified atom stereocenters. The first-order valence-corrected chi connectivity index (χ1v) is 8.92. The zero-order valence-electron chi connectivity index (χ0n) is 15.7. The summed E-state index contributed by atoms with van der Waals surface area (Å²) in [6, 6.07) is 13.2. The zero-order valence-corrected chi connectivity index (χ0v) is 15.7. The number of hydrogen-bond acceptors (Lipinski definition) is 6. The summed E-state index contributed by atoms with van der Waals surface area (Å²) in [5.41, 5.74) is 1.31. The fourth-order valence-corrected chi connectivity index (χ4v) is 3.05. The van der Waals surface area contributed by atoms with E-state index in [1.807, 2.05) is 0 Å². The van der Waals surface area contributed by atoms with Gasteiger partial charge in [0.1, 0.15) is 0 Å². The second kappa shape index (κ2) is 8.51. The van der Waals surface area contributed by atoms with Crippen LogP contribution in [0.25, 0.3) is 0 Å². The lowest BCUT2D eigenvalue weighted by Gasteiger charge is -2.16. The van der Waals surface area contributed by atoms with Gasteiger partial charge in [-0.3, -0.25) is 24.5 Å². The van der Waals surface area contributed by atoms with Gasteiger partial charge >= 0.3 is 5.97 Å². The van der Waals surface area contributed by atoms with E-state index in [-0.39, 0.29) is 24.6 Å². The normalized spacial score (nSPS) is 15.8. The van der Waals surface area contributed by atoms with Crippen LogP contribution in [-0.4, -0.2) is 35.9 Å². The minimum Gasteiger partial charge on any atom is -0.455 e. The lowest BCUT2D eigenvalue weighted by molar-refractivity contribution is -0.385. The van der Waals surface area contributed by atoms with E-state index in [2.05, 4.69) is 5.32 Å². The zero-order chi connectivity index (χ0) is 21.0. The van der Waals surface area contributed by atoms with E-state index in [1.165, 1.54) is 11.0 Å². The number of aryl methyl sites for hydroxylation is 1. The first-order chi connectivity index (χ1) is 13.8. The van der Waals surface area contributed by atoms with Crippen LogP contribution in [0.3, 0.4) is 0 Å². The van der Waals surface area contributed by atoms with Gasteiger partial charge in [-0.25, -0.2) is 0 Å². The molecule has 0 saturated carbocycles. The fraction of sp³-hybridized carbons (Fsp3) is 0.250. The molecule has 0 spiro atoms. The Bertz CT molecular complexity index is 960. The van der Waals surface area contributed by atoms with Crippen molar-refractivity contribution in [1.29, 1.82) is 0 Å². The average Bonchev–Trinajstić information content (AvgIpc) is 3.09. The van der Waals surface area contributed by atoms with E-state index < -0.39 is 29.3 Å². The maximum absolute atomic E-state index is 12.3. The maximum atomic E-state index is 12.3. The Balaban J connectivity index is 1.58. The highest BCUT2D eigenvalue weighted by molar-refractivity contribution is 6.00. The Hall–Kier alpha value is -3.75. The van der Waals surface area contributed by atoms with E-state index in [1.54, 1.807) is 49.4 Å². The van der Waals surface area contributed by atoms with Crippen LogP contribution in [0.4, 0.5) is 17.1 Å². The minimum absolute atomic E-state index is 0.0399. The molecule has 0 bridgehead atoms. The van der Waals surface area contributed by atoms with Crippen molar-refractivity contribution < 1.29 is 24.0 Å². The first-order valence-electron chi connectivity index (χ1n) is 8.92. The molecule has 1 heterocycles. The van der Waals surface area contributed by atoms with Crippen molar-refractivity contribution in [3.8, 4) is 0 Å². The number of carbonyl (C=O) groups is 3. The number of carbonyl (C=O) groups excluding carboxylic acids is 3. The molecule has 0 aromatic heterocycles. The monoisotopic (exact) mass is 397 g/mol. The lowest BCUT2D eigenvalue weighted by Crippen LogP contribution is -2.28. The molecule has 0 radical (unpaired) electrons. The smallest absolute Gasteiger partial charge is 0.311 e. The van der Waals surface area contributed by atoms with Gasteiger partial charge in [-0.2, -0.15) is 0 Å². The van der Waals surface area contributed by atoms with E-state index in [0.29, 0.717) is 16.9 Å². The standard InChI is InChI=1S/C20H19N3O6/c1-13-7-8-16(10-17(13)23(27)28)22-11-14(9-19(22)25)20(26)29-12-18(24)21-15-5-3-2-4-6-15/h2-8,10,14H,9,11-12H2,1H3,(H,21,24)/t14-/m1/s1. The molecular weight excluding hydrogens is 378 g/mol. The van der Waals surface area contributed by atoms with E-state index in [9.17, 15) is 24.5 Å². The van der Waals surface area contributed by atoms with Gasteiger partial charge in [0.2, 0.25) is 5.91 Å². The van der Waals surface area contributed by atoms with Gasteiger partial charge in [0.25, 0.3) is 11.6 Å². The third-order valence-electron chi connectivity index (χ3n) is 4.56. The third kappa shape index (κ3) is 4.75. The van der Waals surface area contributed by atoms with Gasteiger partial charge in [0.15, 0.2) is 6.61 Å². The summed E-state index contributed by atoms with van der Waals surface area (Å²) in [4.78, 5) is 48.4. The summed E-state index contributed by atoms with van der Waals surface area (Å²) in [5, 5.41) is 13.7. The van der Waals surface area contributed by atoms with Crippen LogP contribution in [0.5, 0.6) is 0 Å². The summed E-state index contributed by atoms with van der Waals surface area (Å²) in [5.74, 6) is -2.23. The van der Waals surface area contributed by atoms with Crippen LogP contribution in [0.1, 0.15) is 12.0 Å². The topological polar surface area (TPSA) is 119 Å². The first kappa shape index (κ1) is 20.0. The Kier molecular flexibility index (Phi) is 5.87. The van der Waals surface area contributed by atoms with Crippen LogP contribution < -0.4 is 10.2 Å². The Morgan fingerprint density at radius 3 is 2.66 bits per heavy atom. The predicted molar refractivity (Wildman–Crippen MR) is 104 cm³/mol. The van der Waals surface area contributed by atoms with Gasteiger partial charge in [-0.15, -0.1) is 0 Å². The van der Waals surface area contributed by atoms with Crippen molar-refractivity contribution in [3.05, 3.63) is 64.2 Å². The van der Waals surface area contributed by atoms with Crippen LogP contribution in [0.2, 0.25) is 0 Å². The molecule has 150 valence electrons. The number of amides is 2.